The summed E-state index contributed by atoms with van der Waals surface area (Å²) in [4.78, 5) is 45.7. The molecule has 0 aromatic heterocycles. The van der Waals surface area contributed by atoms with Crippen molar-refractivity contribution in [2.45, 2.75) is 25.4 Å². The summed E-state index contributed by atoms with van der Waals surface area (Å²) >= 11 is 0. The van der Waals surface area contributed by atoms with Gasteiger partial charge >= 0.3 is 36.1 Å². The summed E-state index contributed by atoms with van der Waals surface area (Å²) in [7, 11) is 0. The maximum atomic E-state index is 12.2. The molecule has 0 spiro atoms. The molecule has 0 aliphatic rings. The number of amides is 2. The van der Waals surface area contributed by atoms with Crippen molar-refractivity contribution in [3.63, 3.8) is 0 Å². The van der Waals surface area contributed by atoms with Gasteiger partial charge in [-0.2, -0.15) is 26.3 Å². The molecule has 176 valence electrons. The molecule has 2 rings (SSSR count). The lowest BCUT2D eigenvalue weighted by Gasteiger charge is -2.09. The van der Waals surface area contributed by atoms with Crippen LogP contribution in [0.4, 0.5) is 26.3 Å². The van der Waals surface area contributed by atoms with Crippen molar-refractivity contribution in [2.75, 3.05) is 0 Å². The lowest BCUT2D eigenvalue weighted by Crippen LogP contribution is -2.36. The smallest absolute Gasteiger partial charge is 0.386 e. The quantitative estimate of drug-likeness (QED) is 0.379. The molecule has 0 saturated carbocycles. The van der Waals surface area contributed by atoms with Gasteiger partial charge in [-0.25, -0.2) is 9.59 Å². The number of nitrogens with one attached hydrogen (secondary N) is 2. The summed E-state index contributed by atoms with van der Waals surface area (Å²) in [6.45, 7) is -0.884. The second kappa shape index (κ2) is 10.1. The number of hydrogen-bond acceptors (Lipinski definition) is 5. The van der Waals surface area contributed by atoms with Crippen molar-refractivity contribution in [1.29, 1.82) is 0 Å². The summed E-state index contributed by atoms with van der Waals surface area (Å²) in [6, 6.07) is 9.72. The van der Waals surface area contributed by atoms with Crippen molar-refractivity contribution in [3.05, 3.63) is 70.8 Å². The molecule has 0 radical (unpaired) electrons. The molecule has 0 heterocycles. The number of rotatable bonds is 6. The van der Waals surface area contributed by atoms with E-state index in [0.29, 0.717) is 0 Å². The average Bonchev–Trinajstić information content (AvgIpc) is 2.75. The van der Waals surface area contributed by atoms with E-state index in [1.165, 1.54) is 48.5 Å². The third kappa shape index (κ3) is 7.63. The summed E-state index contributed by atoms with van der Waals surface area (Å²) < 4.78 is 77.6. The molecule has 33 heavy (non-hydrogen) atoms. The van der Waals surface area contributed by atoms with Crippen LogP contribution in [0.15, 0.2) is 48.5 Å². The topological polar surface area (TPSA) is 102 Å². The molecule has 0 unspecified atom stereocenters. The van der Waals surface area contributed by atoms with Crippen molar-refractivity contribution in [1.82, 2.24) is 10.6 Å². The van der Waals surface area contributed by atoms with Crippen LogP contribution in [-0.4, -0.2) is 36.1 Å². The van der Waals surface area contributed by atoms with Crippen LogP contribution in [0.25, 0.3) is 0 Å². The van der Waals surface area contributed by atoms with Gasteiger partial charge in [0.25, 0.3) is 0 Å². The summed E-state index contributed by atoms with van der Waals surface area (Å²) in [6.07, 6.45) is -10.1. The predicted octanol–water partition coefficient (Wildman–Crippen LogP) is 3.04. The summed E-state index contributed by atoms with van der Waals surface area (Å²) in [5, 5.41) is 3.31. The first-order chi connectivity index (χ1) is 15.3. The molecule has 2 aromatic rings. The van der Waals surface area contributed by atoms with Crippen molar-refractivity contribution in [2.24, 2.45) is 0 Å². The first-order valence-electron chi connectivity index (χ1n) is 8.92. The third-order valence-electron chi connectivity index (χ3n) is 3.99. The molecule has 7 nitrogen and oxygen atoms in total. The lowest BCUT2D eigenvalue weighted by molar-refractivity contribution is -0.173. The summed E-state index contributed by atoms with van der Waals surface area (Å²) in [5.74, 6) is -6.37. The predicted molar refractivity (Wildman–Crippen MR) is 98.4 cm³/mol. The SMILES string of the molecule is O=C(OC(=O)c1ccc(CNC(=O)C(F)(F)F)cc1)c1ccc(CNC(=O)C(F)(F)F)cc1. The molecule has 0 bridgehead atoms. The van der Waals surface area contributed by atoms with Gasteiger partial charge in [0.1, 0.15) is 0 Å². The molecule has 2 amide bonds. The fraction of sp³-hybridized carbons (Fsp3) is 0.200. The fourth-order valence-electron chi connectivity index (χ4n) is 2.28. The minimum Gasteiger partial charge on any atom is -0.386 e. The van der Waals surface area contributed by atoms with Gasteiger partial charge in [0.15, 0.2) is 0 Å². The Balaban J connectivity index is 1.90. The van der Waals surface area contributed by atoms with E-state index >= 15 is 0 Å². The van der Waals surface area contributed by atoms with Crippen molar-refractivity contribution >= 4 is 23.8 Å². The zero-order valence-corrected chi connectivity index (χ0v) is 16.3. The molecule has 0 saturated heterocycles. The van der Waals surface area contributed by atoms with Gasteiger partial charge in [-0.05, 0) is 35.4 Å². The van der Waals surface area contributed by atoms with Crippen LogP contribution < -0.4 is 10.6 Å². The normalized spacial score (nSPS) is 11.5. The van der Waals surface area contributed by atoms with Crippen molar-refractivity contribution < 1.29 is 50.3 Å². The number of ether oxygens (including phenoxy) is 1. The van der Waals surface area contributed by atoms with E-state index in [9.17, 15) is 45.5 Å². The monoisotopic (exact) mass is 476 g/mol. The molecule has 0 atom stereocenters. The minimum absolute atomic E-state index is 0.0965. The molecule has 0 fully saturated rings. The Hall–Kier alpha value is -3.90. The van der Waals surface area contributed by atoms with Crippen LogP contribution in [0.2, 0.25) is 0 Å². The number of carbonyl (C=O) groups is 4. The van der Waals surface area contributed by atoms with Gasteiger partial charge < -0.3 is 15.4 Å². The third-order valence-corrected chi connectivity index (χ3v) is 3.99. The van der Waals surface area contributed by atoms with Gasteiger partial charge in [-0.3, -0.25) is 9.59 Å². The highest BCUT2D eigenvalue weighted by Crippen LogP contribution is 2.16. The largest absolute Gasteiger partial charge is 0.471 e. The Morgan fingerprint density at radius 3 is 1.18 bits per heavy atom. The number of benzene rings is 2. The Morgan fingerprint density at radius 2 is 0.909 bits per heavy atom. The number of esters is 2. The second-order valence-electron chi connectivity index (χ2n) is 6.43. The number of carbonyl (C=O) groups excluding carboxylic acids is 4. The van der Waals surface area contributed by atoms with Gasteiger partial charge in [0, 0.05) is 13.1 Å². The standard InChI is InChI=1S/C20H14F6N2O5/c21-19(22,23)17(31)27-9-11-1-5-13(6-2-11)15(29)33-16(30)14-7-3-12(4-8-14)10-28-18(32)20(24,25)26/h1-8H,9-10H2,(H,27,31)(H,28,32). The molecular weight excluding hydrogens is 462 g/mol. The van der Waals surface area contributed by atoms with E-state index in [1.807, 2.05) is 0 Å². The zero-order chi connectivity index (χ0) is 24.8. The number of hydrogen-bond donors (Lipinski definition) is 2. The molecule has 13 heteroatoms. The average molecular weight is 476 g/mol. The van der Waals surface area contributed by atoms with E-state index < -0.39 is 49.2 Å². The fourth-order valence-corrected chi connectivity index (χ4v) is 2.28. The Kier molecular flexibility index (Phi) is 7.80. The second-order valence-corrected chi connectivity index (χ2v) is 6.43. The van der Waals surface area contributed by atoms with E-state index in [2.05, 4.69) is 4.74 Å². The highest BCUT2D eigenvalue weighted by molar-refractivity contribution is 6.02. The van der Waals surface area contributed by atoms with E-state index in [4.69, 9.17) is 0 Å². The Labute approximate surface area is 181 Å². The molecule has 0 aliphatic heterocycles. The maximum Gasteiger partial charge on any atom is 0.471 e. The van der Waals surface area contributed by atoms with E-state index in [-0.39, 0.29) is 22.3 Å². The molecule has 0 aliphatic carbocycles. The van der Waals surface area contributed by atoms with Crippen LogP contribution >= 0.6 is 0 Å². The van der Waals surface area contributed by atoms with Crippen LogP contribution in [0.3, 0.4) is 0 Å². The number of alkyl halides is 6. The van der Waals surface area contributed by atoms with Crippen LogP contribution in [0.5, 0.6) is 0 Å². The first kappa shape index (κ1) is 25.4. The lowest BCUT2D eigenvalue weighted by atomic mass is 10.1. The maximum absolute atomic E-state index is 12.2. The van der Waals surface area contributed by atoms with Crippen molar-refractivity contribution in [3.8, 4) is 0 Å². The first-order valence-corrected chi connectivity index (χ1v) is 8.92. The minimum atomic E-state index is -5.03. The van der Waals surface area contributed by atoms with E-state index in [0.717, 1.165) is 0 Å². The van der Waals surface area contributed by atoms with Crippen LogP contribution in [0, 0.1) is 0 Å². The zero-order valence-electron chi connectivity index (χ0n) is 16.3. The molecule has 2 aromatic carbocycles. The molecule has 2 N–H and O–H groups in total. The van der Waals surface area contributed by atoms with Gasteiger partial charge in [-0.15, -0.1) is 0 Å². The van der Waals surface area contributed by atoms with E-state index in [1.54, 1.807) is 10.6 Å². The Bertz CT molecular complexity index is 947. The Morgan fingerprint density at radius 1 is 0.606 bits per heavy atom. The van der Waals surface area contributed by atoms with Crippen LogP contribution in [0.1, 0.15) is 31.8 Å². The number of halogens is 6. The highest BCUT2D eigenvalue weighted by atomic mass is 19.4. The van der Waals surface area contributed by atoms with Gasteiger partial charge in [-0.1, -0.05) is 24.3 Å². The highest BCUT2D eigenvalue weighted by Gasteiger charge is 2.38. The van der Waals surface area contributed by atoms with Crippen LogP contribution in [-0.2, 0) is 27.4 Å². The van der Waals surface area contributed by atoms with Gasteiger partial charge in [0.05, 0.1) is 11.1 Å². The molecular formula is C20H14F6N2O5. The summed E-state index contributed by atoms with van der Waals surface area (Å²) in [5.41, 5.74) is 0.314. The van der Waals surface area contributed by atoms with Gasteiger partial charge in [0.2, 0.25) is 0 Å².